The molecule has 0 saturated heterocycles. The largest absolute Gasteiger partial charge is 0.497 e. The molecular weight excluding hydrogens is 246 g/mol. The van der Waals surface area contributed by atoms with Gasteiger partial charge in [0.25, 0.3) is 0 Å². The summed E-state index contributed by atoms with van der Waals surface area (Å²) in [5.41, 5.74) is 0.804. The number of carbonyl (C=O) groups is 1. The second-order valence-corrected chi connectivity index (χ2v) is 3.74. The van der Waals surface area contributed by atoms with Crippen LogP contribution in [0, 0.1) is 0 Å². The standard InChI is InChI=1S/C13H13N3O3/c1-19-10-4-2-3-9(7-10)13-14-6-5-11(16-13)15-8-12(17)18/h2-7H,8H2,1H3,(H,17,18)(H,14,15,16). The number of methoxy groups -OCH3 is 1. The highest BCUT2D eigenvalue weighted by Crippen LogP contribution is 2.21. The number of aliphatic carboxylic acids is 1. The molecule has 1 aromatic heterocycles. The zero-order valence-electron chi connectivity index (χ0n) is 10.3. The van der Waals surface area contributed by atoms with E-state index >= 15 is 0 Å². The Morgan fingerprint density at radius 2 is 2.26 bits per heavy atom. The van der Waals surface area contributed by atoms with Crippen molar-refractivity contribution in [2.75, 3.05) is 19.0 Å². The highest BCUT2D eigenvalue weighted by Gasteiger charge is 2.05. The summed E-state index contributed by atoms with van der Waals surface area (Å²) >= 11 is 0. The molecule has 2 rings (SSSR count). The van der Waals surface area contributed by atoms with Crippen LogP contribution in [0.2, 0.25) is 0 Å². The van der Waals surface area contributed by atoms with Gasteiger partial charge in [0, 0.05) is 11.8 Å². The van der Waals surface area contributed by atoms with Gasteiger partial charge in [-0.25, -0.2) is 9.97 Å². The minimum atomic E-state index is -0.943. The Hall–Kier alpha value is -2.63. The zero-order chi connectivity index (χ0) is 13.7. The van der Waals surface area contributed by atoms with Crippen LogP contribution in [0.4, 0.5) is 5.82 Å². The van der Waals surface area contributed by atoms with E-state index < -0.39 is 5.97 Å². The molecule has 0 amide bonds. The lowest BCUT2D eigenvalue weighted by Gasteiger charge is -2.06. The molecule has 0 fully saturated rings. The molecule has 98 valence electrons. The number of carboxylic acids is 1. The molecule has 19 heavy (non-hydrogen) atoms. The van der Waals surface area contributed by atoms with Gasteiger partial charge >= 0.3 is 5.97 Å². The van der Waals surface area contributed by atoms with Gasteiger partial charge in [-0.3, -0.25) is 4.79 Å². The van der Waals surface area contributed by atoms with Crippen molar-refractivity contribution < 1.29 is 14.6 Å². The first-order valence-electron chi connectivity index (χ1n) is 5.62. The van der Waals surface area contributed by atoms with E-state index in [9.17, 15) is 4.79 Å². The van der Waals surface area contributed by atoms with Crippen molar-refractivity contribution in [3.8, 4) is 17.1 Å². The molecule has 0 aliphatic rings. The minimum absolute atomic E-state index is 0.186. The summed E-state index contributed by atoms with van der Waals surface area (Å²) in [7, 11) is 1.59. The van der Waals surface area contributed by atoms with Crippen LogP contribution < -0.4 is 10.1 Å². The lowest BCUT2D eigenvalue weighted by molar-refractivity contribution is -0.134. The summed E-state index contributed by atoms with van der Waals surface area (Å²) in [6.45, 7) is -0.186. The Balaban J connectivity index is 2.24. The Morgan fingerprint density at radius 1 is 1.42 bits per heavy atom. The average molecular weight is 259 g/mol. The fourth-order valence-corrected chi connectivity index (χ4v) is 1.52. The maximum absolute atomic E-state index is 10.5. The van der Waals surface area contributed by atoms with Gasteiger partial charge in [-0.15, -0.1) is 0 Å². The van der Waals surface area contributed by atoms with Crippen LogP contribution in [0.3, 0.4) is 0 Å². The first-order valence-corrected chi connectivity index (χ1v) is 5.62. The molecule has 0 unspecified atom stereocenters. The molecule has 0 radical (unpaired) electrons. The fourth-order valence-electron chi connectivity index (χ4n) is 1.52. The number of aromatic nitrogens is 2. The van der Waals surface area contributed by atoms with Gasteiger partial charge in [-0.2, -0.15) is 0 Å². The fraction of sp³-hybridized carbons (Fsp3) is 0.154. The van der Waals surface area contributed by atoms with Gasteiger partial charge in [-0.05, 0) is 18.2 Å². The minimum Gasteiger partial charge on any atom is -0.497 e. The molecule has 2 aromatic rings. The molecule has 1 heterocycles. The van der Waals surface area contributed by atoms with Crippen molar-refractivity contribution in [2.24, 2.45) is 0 Å². The molecule has 1 aromatic carbocycles. The summed E-state index contributed by atoms with van der Waals surface area (Å²) in [6.07, 6.45) is 1.58. The van der Waals surface area contributed by atoms with E-state index in [1.807, 2.05) is 24.3 Å². The second-order valence-electron chi connectivity index (χ2n) is 3.74. The van der Waals surface area contributed by atoms with E-state index in [-0.39, 0.29) is 6.54 Å². The highest BCUT2D eigenvalue weighted by atomic mass is 16.5. The summed E-state index contributed by atoms with van der Waals surface area (Å²) in [5.74, 6) is 0.746. The lowest BCUT2D eigenvalue weighted by atomic mass is 10.2. The molecule has 0 saturated carbocycles. The third-order valence-electron chi connectivity index (χ3n) is 2.40. The lowest BCUT2D eigenvalue weighted by Crippen LogP contribution is -2.13. The Kier molecular flexibility index (Phi) is 3.92. The van der Waals surface area contributed by atoms with Crippen LogP contribution >= 0.6 is 0 Å². The number of anilines is 1. The number of nitrogens with zero attached hydrogens (tertiary/aromatic N) is 2. The maximum Gasteiger partial charge on any atom is 0.322 e. The van der Waals surface area contributed by atoms with Gasteiger partial charge in [0.15, 0.2) is 5.82 Å². The second kappa shape index (κ2) is 5.81. The van der Waals surface area contributed by atoms with Crippen molar-refractivity contribution >= 4 is 11.8 Å². The molecular formula is C13H13N3O3. The molecule has 0 spiro atoms. The van der Waals surface area contributed by atoms with E-state index in [0.29, 0.717) is 17.4 Å². The predicted octanol–water partition coefficient (Wildman–Crippen LogP) is 1.65. The molecule has 0 aliphatic carbocycles. The number of rotatable bonds is 5. The normalized spacial score (nSPS) is 9.95. The molecule has 2 N–H and O–H groups in total. The van der Waals surface area contributed by atoms with E-state index in [1.165, 1.54) is 0 Å². The Bertz CT molecular complexity index is 587. The van der Waals surface area contributed by atoms with Gasteiger partial charge in [0.05, 0.1) is 7.11 Å². The van der Waals surface area contributed by atoms with Crippen molar-refractivity contribution in [3.63, 3.8) is 0 Å². The summed E-state index contributed by atoms with van der Waals surface area (Å²) in [4.78, 5) is 18.9. The number of benzene rings is 1. The van der Waals surface area contributed by atoms with Gasteiger partial charge in [0.2, 0.25) is 0 Å². The Morgan fingerprint density at radius 3 is 3.00 bits per heavy atom. The summed E-state index contributed by atoms with van der Waals surface area (Å²) in [5, 5.41) is 11.3. The van der Waals surface area contributed by atoms with Crippen LogP contribution in [-0.2, 0) is 4.79 Å². The van der Waals surface area contributed by atoms with Crippen LogP contribution in [0.25, 0.3) is 11.4 Å². The van der Waals surface area contributed by atoms with E-state index in [2.05, 4.69) is 15.3 Å². The monoisotopic (exact) mass is 259 g/mol. The van der Waals surface area contributed by atoms with Crippen LogP contribution in [0.5, 0.6) is 5.75 Å². The van der Waals surface area contributed by atoms with E-state index in [0.717, 1.165) is 5.56 Å². The molecule has 6 nitrogen and oxygen atoms in total. The third kappa shape index (κ3) is 3.41. The third-order valence-corrected chi connectivity index (χ3v) is 2.40. The first-order chi connectivity index (χ1) is 9.19. The van der Waals surface area contributed by atoms with Crippen LogP contribution in [0.1, 0.15) is 0 Å². The summed E-state index contributed by atoms with van der Waals surface area (Å²) < 4.78 is 5.14. The van der Waals surface area contributed by atoms with E-state index in [1.54, 1.807) is 19.4 Å². The van der Waals surface area contributed by atoms with Crippen molar-refractivity contribution in [1.29, 1.82) is 0 Å². The molecule has 0 aliphatic heterocycles. The van der Waals surface area contributed by atoms with Crippen molar-refractivity contribution in [3.05, 3.63) is 36.5 Å². The number of carboxylic acid groups (broad SMARTS) is 1. The number of hydrogen-bond donors (Lipinski definition) is 2. The summed E-state index contributed by atoms with van der Waals surface area (Å²) in [6, 6.07) is 8.96. The topological polar surface area (TPSA) is 84.3 Å². The predicted molar refractivity (Wildman–Crippen MR) is 70.1 cm³/mol. The molecule has 0 atom stereocenters. The zero-order valence-corrected chi connectivity index (χ0v) is 10.3. The number of hydrogen-bond acceptors (Lipinski definition) is 5. The quantitative estimate of drug-likeness (QED) is 0.849. The first kappa shape index (κ1) is 12.8. The molecule has 0 bridgehead atoms. The average Bonchev–Trinajstić information content (AvgIpc) is 2.45. The van der Waals surface area contributed by atoms with Crippen LogP contribution in [0.15, 0.2) is 36.5 Å². The van der Waals surface area contributed by atoms with Gasteiger partial charge in [0.1, 0.15) is 18.1 Å². The smallest absolute Gasteiger partial charge is 0.322 e. The van der Waals surface area contributed by atoms with Crippen LogP contribution in [-0.4, -0.2) is 34.7 Å². The van der Waals surface area contributed by atoms with Gasteiger partial charge in [-0.1, -0.05) is 12.1 Å². The van der Waals surface area contributed by atoms with E-state index in [4.69, 9.17) is 9.84 Å². The van der Waals surface area contributed by atoms with Crippen molar-refractivity contribution in [1.82, 2.24) is 9.97 Å². The highest BCUT2D eigenvalue weighted by molar-refractivity contribution is 5.72. The number of ether oxygens (including phenoxy) is 1. The SMILES string of the molecule is COc1cccc(-c2nccc(NCC(=O)O)n2)c1. The molecule has 6 heteroatoms. The number of nitrogens with one attached hydrogen (secondary N) is 1. The Labute approximate surface area is 110 Å². The maximum atomic E-state index is 10.5. The van der Waals surface area contributed by atoms with Crippen molar-refractivity contribution in [2.45, 2.75) is 0 Å². The van der Waals surface area contributed by atoms with Gasteiger partial charge < -0.3 is 15.2 Å².